The average Bonchev–Trinajstić information content (AvgIpc) is 3.08. The van der Waals surface area contributed by atoms with E-state index in [-0.39, 0.29) is 4.90 Å². The van der Waals surface area contributed by atoms with Gasteiger partial charge in [-0.3, -0.25) is 14.5 Å². The lowest BCUT2D eigenvalue weighted by Crippen LogP contribution is -2.42. The summed E-state index contributed by atoms with van der Waals surface area (Å²) in [6, 6.07) is 18.3. The molecule has 4 amide bonds. The van der Waals surface area contributed by atoms with E-state index in [1.165, 1.54) is 28.6 Å². The molecule has 3 aromatic carbocycles. The predicted octanol–water partition coefficient (Wildman–Crippen LogP) is 3.28. The van der Waals surface area contributed by atoms with Gasteiger partial charge in [-0.15, -0.1) is 0 Å². The van der Waals surface area contributed by atoms with Crippen molar-refractivity contribution in [2.75, 3.05) is 25.0 Å². The molecule has 0 radical (unpaired) electrons. The Bertz CT molecular complexity index is 1430. The van der Waals surface area contributed by atoms with Gasteiger partial charge in [0.1, 0.15) is 12.1 Å². The summed E-state index contributed by atoms with van der Waals surface area (Å²) in [6.45, 7) is 5.35. The van der Waals surface area contributed by atoms with Gasteiger partial charge in [-0.05, 0) is 53.6 Å². The summed E-state index contributed by atoms with van der Waals surface area (Å²) < 4.78 is 26.6. The van der Waals surface area contributed by atoms with Crippen LogP contribution in [0.3, 0.4) is 0 Å². The summed E-state index contributed by atoms with van der Waals surface area (Å²) >= 11 is 0. The number of fused-ring (bicyclic) bond motifs is 1. The van der Waals surface area contributed by atoms with Crippen LogP contribution in [-0.4, -0.2) is 55.1 Å². The third-order valence-corrected chi connectivity index (χ3v) is 8.45. The standard InChI is InChI=1S/C26H28N4O5S/c1-4-29(5-2)36(34,35)22-14-12-21(13-15-22)27-23(31)17-30-24(32)26(3,28-25(30)33)20-11-10-18-8-6-7-9-19(18)16-20/h6-16H,4-5,17H2,1-3H3,(H,27,31)(H,28,33)/t26-/m0/s1. The van der Waals surface area contributed by atoms with Gasteiger partial charge in [0.25, 0.3) is 5.91 Å². The second-order valence-electron chi connectivity index (χ2n) is 8.67. The number of amides is 4. The molecule has 10 heteroatoms. The van der Waals surface area contributed by atoms with E-state index < -0.39 is 40.0 Å². The number of hydrogen-bond acceptors (Lipinski definition) is 5. The van der Waals surface area contributed by atoms with E-state index in [0.29, 0.717) is 24.3 Å². The zero-order valence-corrected chi connectivity index (χ0v) is 21.1. The minimum Gasteiger partial charge on any atom is -0.325 e. The maximum Gasteiger partial charge on any atom is 0.325 e. The fraction of sp³-hybridized carbons (Fsp3) is 0.269. The molecule has 0 unspecified atom stereocenters. The fourth-order valence-electron chi connectivity index (χ4n) is 4.30. The lowest BCUT2D eigenvalue weighted by atomic mass is 9.90. The van der Waals surface area contributed by atoms with E-state index in [9.17, 15) is 22.8 Å². The number of sulfonamides is 1. The normalized spacial score (nSPS) is 18.1. The van der Waals surface area contributed by atoms with E-state index in [4.69, 9.17) is 0 Å². The van der Waals surface area contributed by atoms with E-state index in [1.54, 1.807) is 26.8 Å². The monoisotopic (exact) mass is 508 g/mol. The first-order valence-electron chi connectivity index (χ1n) is 11.6. The van der Waals surface area contributed by atoms with E-state index in [2.05, 4.69) is 10.6 Å². The zero-order valence-electron chi connectivity index (χ0n) is 20.3. The van der Waals surface area contributed by atoms with E-state index in [1.807, 2.05) is 36.4 Å². The molecule has 1 fully saturated rings. The highest BCUT2D eigenvalue weighted by atomic mass is 32.2. The topological polar surface area (TPSA) is 116 Å². The highest BCUT2D eigenvalue weighted by Crippen LogP contribution is 2.31. The van der Waals surface area contributed by atoms with Gasteiger partial charge in [-0.1, -0.05) is 50.2 Å². The summed E-state index contributed by atoms with van der Waals surface area (Å²) in [4.78, 5) is 39.5. The largest absolute Gasteiger partial charge is 0.325 e. The third kappa shape index (κ3) is 4.57. The Hall–Kier alpha value is -3.76. The number of nitrogens with zero attached hydrogens (tertiary/aromatic N) is 2. The molecule has 3 aromatic rings. The van der Waals surface area contributed by atoms with Crippen molar-refractivity contribution in [3.05, 3.63) is 72.3 Å². The van der Waals surface area contributed by atoms with Crippen molar-refractivity contribution >= 4 is 44.3 Å². The molecule has 0 bridgehead atoms. The van der Waals surface area contributed by atoms with Gasteiger partial charge in [-0.2, -0.15) is 4.31 Å². The lowest BCUT2D eigenvalue weighted by molar-refractivity contribution is -0.133. The van der Waals surface area contributed by atoms with Gasteiger partial charge >= 0.3 is 6.03 Å². The number of urea groups is 1. The Balaban J connectivity index is 1.46. The molecule has 1 aliphatic rings. The molecular weight excluding hydrogens is 480 g/mol. The SMILES string of the molecule is CCN(CC)S(=O)(=O)c1ccc(NC(=O)CN2C(=O)N[C@@](C)(c3ccc4ccccc4c3)C2=O)cc1. The summed E-state index contributed by atoms with van der Waals surface area (Å²) in [7, 11) is -3.62. The van der Waals surface area contributed by atoms with Gasteiger partial charge in [0.05, 0.1) is 4.90 Å². The maximum absolute atomic E-state index is 13.2. The van der Waals surface area contributed by atoms with E-state index in [0.717, 1.165) is 15.7 Å². The number of anilines is 1. The number of carbonyl (C=O) groups is 3. The van der Waals surface area contributed by atoms with Gasteiger partial charge in [0, 0.05) is 18.8 Å². The van der Waals surface area contributed by atoms with Crippen molar-refractivity contribution < 1.29 is 22.8 Å². The summed E-state index contributed by atoms with van der Waals surface area (Å²) in [5, 5.41) is 7.27. The van der Waals surface area contributed by atoms with Crippen LogP contribution in [-0.2, 0) is 25.2 Å². The van der Waals surface area contributed by atoms with Gasteiger partial charge < -0.3 is 10.6 Å². The lowest BCUT2D eigenvalue weighted by Gasteiger charge is -2.22. The number of rotatable bonds is 8. The van der Waals surface area contributed by atoms with Crippen molar-refractivity contribution in [3.8, 4) is 0 Å². The predicted molar refractivity (Wildman–Crippen MR) is 137 cm³/mol. The summed E-state index contributed by atoms with van der Waals surface area (Å²) in [5.74, 6) is -1.11. The van der Waals surface area contributed by atoms with Crippen LogP contribution in [0.25, 0.3) is 10.8 Å². The van der Waals surface area contributed by atoms with Gasteiger partial charge in [0.15, 0.2) is 0 Å². The van der Waals surface area contributed by atoms with Crippen LogP contribution in [0.15, 0.2) is 71.6 Å². The molecule has 1 heterocycles. The molecule has 1 aliphatic heterocycles. The second-order valence-corrected chi connectivity index (χ2v) is 10.6. The minimum atomic E-state index is -3.62. The highest BCUT2D eigenvalue weighted by Gasteiger charge is 2.49. The van der Waals surface area contributed by atoms with Crippen LogP contribution in [0.4, 0.5) is 10.5 Å². The van der Waals surface area contributed by atoms with Crippen molar-refractivity contribution in [2.45, 2.75) is 31.2 Å². The molecule has 0 aromatic heterocycles. The van der Waals surface area contributed by atoms with Crippen LogP contribution in [0.1, 0.15) is 26.3 Å². The molecule has 4 rings (SSSR count). The van der Waals surface area contributed by atoms with Crippen LogP contribution in [0.2, 0.25) is 0 Å². The first-order valence-corrected chi connectivity index (χ1v) is 13.1. The Morgan fingerprint density at radius 2 is 1.61 bits per heavy atom. The molecule has 1 saturated heterocycles. The Morgan fingerprint density at radius 1 is 0.972 bits per heavy atom. The fourth-order valence-corrected chi connectivity index (χ4v) is 5.76. The second kappa shape index (κ2) is 9.71. The van der Waals surface area contributed by atoms with E-state index >= 15 is 0 Å². The smallest absolute Gasteiger partial charge is 0.325 e. The number of nitrogens with one attached hydrogen (secondary N) is 2. The van der Waals surface area contributed by atoms with Crippen LogP contribution >= 0.6 is 0 Å². The van der Waals surface area contributed by atoms with Crippen LogP contribution < -0.4 is 10.6 Å². The average molecular weight is 509 g/mol. The molecule has 0 saturated carbocycles. The van der Waals surface area contributed by atoms with Crippen molar-refractivity contribution in [2.24, 2.45) is 0 Å². The first-order chi connectivity index (χ1) is 17.1. The van der Waals surface area contributed by atoms with Crippen molar-refractivity contribution in [3.63, 3.8) is 0 Å². The molecule has 9 nitrogen and oxygen atoms in total. The molecule has 1 atom stereocenters. The number of imide groups is 1. The zero-order chi connectivity index (χ0) is 26.1. The maximum atomic E-state index is 13.2. The molecule has 188 valence electrons. The Morgan fingerprint density at radius 3 is 2.25 bits per heavy atom. The molecule has 36 heavy (non-hydrogen) atoms. The Kier molecular flexibility index (Phi) is 6.83. The summed E-state index contributed by atoms with van der Waals surface area (Å²) in [6.07, 6.45) is 0. The molecular formula is C26H28N4O5S. The first kappa shape index (κ1) is 25.3. The van der Waals surface area contributed by atoms with Crippen LogP contribution in [0, 0.1) is 0 Å². The van der Waals surface area contributed by atoms with Gasteiger partial charge in [0.2, 0.25) is 15.9 Å². The highest BCUT2D eigenvalue weighted by molar-refractivity contribution is 7.89. The summed E-state index contributed by atoms with van der Waals surface area (Å²) in [5.41, 5.74) is -0.336. The molecule has 2 N–H and O–H groups in total. The quantitative estimate of drug-likeness (QED) is 0.453. The van der Waals surface area contributed by atoms with Gasteiger partial charge in [-0.25, -0.2) is 13.2 Å². The van der Waals surface area contributed by atoms with Crippen molar-refractivity contribution in [1.29, 1.82) is 0 Å². The molecule has 0 spiro atoms. The Labute approximate surface area is 210 Å². The van der Waals surface area contributed by atoms with Crippen LogP contribution in [0.5, 0.6) is 0 Å². The molecule has 0 aliphatic carbocycles. The number of hydrogen-bond donors (Lipinski definition) is 2. The number of benzene rings is 3. The third-order valence-electron chi connectivity index (χ3n) is 6.38. The van der Waals surface area contributed by atoms with Crippen molar-refractivity contribution in [1.82, 2.24) is 14.5 Å². The minimum absolute atomic E-state index is 0.115. The number of carbonyl (C=O) groups excluding carboxylic acids is 3.